The van der Waals surface area contributed by atoms with Crippen LogP contribution in [-0.2, 0) is 17.8 Å². The molecule has 0 aliphatic rings. The topological polar surface area (TPSA) is 102 Å². The van der Waals surface area contributed by atoms with Crippen molar-refractivity contribution in [1.82, 2.24) is 15.6 Å². The molecule has 1 aromatic heterocycles. The summed E-state index contributed by atoms with van der Waals surface area (Å²) in [5.41, 5.74) is 9.94. The summed E-state index contributed by atoms with van der Waals surface area (Å²) < 4.78 is 5.93. The zero-order chi connectivity index (χ0) is 20.8. The predicted octanol–water partition coefficient (Wildman–Crippen LogP) is 3.55. The number of amides is 1. The van der Waals surface area contributed by atoms with Crippen molar-refractivity contribution in [3.05, 3.63) is 82.9 Å². The maximum Gasteiger partial charge on any atom is 0.247 e. The van der Waals surface area contributed by atoms with Crippen LogP contribution < -0.4 is 15.9 Å². The van der Waals surface area contributed by atoms with E-state index in [0.717, 1.165) is 16.9 Å². The molecular weight excluding hydrogens is 398 g/mol. The first-order chi connectivity index (χ1) is 14.7. The van der Waals surface area contributed by atoms with Crippen LogP contribution in [0.15, 0.2) is 71.8 Å². The van der Waals surface area contributed by atoms with E-state index in [0.29, 0.717) is 16.7 Å². The summed E-state index contributed by atoms with van der Waals surface area (Å²) in [5.74, 6) is 0.482. The summed E-state index contributed by atoms with van der Waals surface area (Å²) in [6.45, 7) is 0.487. The highest BCUT2D eigenvalue weighted by molar-refractivity contribution is 7.15. The van der Waals surface area contributed by atoms with Gasteiger partial charge in [-0.05, 0) is 46.2 Å². The van der Waals surface area contributed by atoms with Crippen LogP contribution in [0.3, 0.4) is 0 Å². The van der Waals surface area contributed by atoms with Gasteiger partial charge in [-0.15, -0.1) is 10.2 Å². The Morgan fingerprint density at radius 3 is 2.67 bits per heavy atom. The second-order valence-corrected chi connectivity index (χ2v) is 7.59. The van der Waals surface area contributed by atoms with Gasteiger partial charge >= 0.3 is 0 Å². The molecule has 0 saturated heterocycles. The Morgan fingerprint density at radius 2 is 1.87 bits per heavy atom. The molecule has 1 heterocycles. The van der Waals surface area contributed by atoms with Crippen molar-refractivity contribution in [2.75, 3.05) is 5.73 Å². The molecule has 0 unspecified atom stereocenters. The number of nitrogen functional groups attached to an aromatic ring is 1. The third kappa shape index (κ3) is 4.98. The molecule has 1 amide bonds. The zero-order valence-electron chi connectivity index (χ0n) is 16.0. The lowest BCUT2D eigenvalue weighted by molar-refractivity contribution is -0.120. The first-order valence-corrected chi connectivity index (χ1v) is 10.1. The number of hydrogen-bond acceptors (Lipinski definition) is 7. The Hall–Kier alpha value is -3.78. The van der Waals surface area contributed by atoms with E-state index >= 15 is 0 Å². The Balaban J connectivity index is 1.30. The van der Waals surface area contributed by atoms with Crippen LogP contribution in [0.4, 0.5) is 5.13 Å². The summed E-state index contributed by atoms with van der Waals surface area (Å²) in [6.07, 6.45) is 1.66. The molecule has 3 aromatic carbocycles. The Morgan fingerprint density at radius 1 is 1.07 bits per heavy atom. The SMILES string of the molecule is Nc1nnc(CC(=O)N/N=C/c2ccc(OCc3cccc4ccccc34)cc2)s1. The number of nitrogens with zero attached hydrogens (tertiary/aromatic N) is 3. The molecule has 0 radical (unpaired) electrons. The molecule has 150 valence electrons. The zero-order valence-corrected chi connectivity index (χ0v) is 16.8. The summed E-state index contributed by atoms with van der Waals surface area (Å²) in [5, 5.41) is 14.7. The van der Waals surface area contributed by atoms with Gasteiger partial charge in [0.15, 0.2) is 0 Å². The lowest BCUT2D eigenvalue weighted by Gasteiger charge is -2.09. The van der Waals surface area contributed by atoms with Crippen LogP contribution in [0.25, 0.3) is 10.8 Å². The number of nitrogens with two attached hydrogens (primary N) is 1. The summed E-state index contributed by atoms with van der Waals surface area (Å²) >= 11 is 1.18. The van der Waals surface area contributed by atoms with Gasteiger partial charge < -0.3 is 10.5 Å². The van der Waals surface area contributed by atoms with Crippen molar-refractivity contribution in [2.24, 2.45) is 5.10 Å². The summed E-state index contributed by atoms with van der Waals surface area (Å²) in [4.78, 5) is 11.8. The smallest absolute Gasteiger partial charge is 0.247 e. The second kappa shape index (κ2) is 9.15. The van der Waals surface area contributed by atoms with E-state index in [1.807, 2.05) is 42.5 Å². The second-order valence-electron chi connectivity index (χ2n) is 6.50. The number of fused-ring (bicyclic) bond motifs is 1. The van der Waals surface area contributed by atoms with Crippen molar-refractivity contribution in [3.8, 4) is 5.75 Å². The van der Waals surface area contributed by atoms with Gasteiger partial charge in [0.05, 0.1) is 12.6 Å². The highest BCUT2D eigenvalue weighted by atomic mass is 32.1. The molecule has 0 bridgehead atoms. The number of rotatable bonds is 7. The average Bonchev–Trinajstić information content (AvgIpc) is 3.17. The summed E-state index contributed by atoms with van der Waals surface area (Å²) in [6, 6.07) is 21.9. The first kappa shape index (κ1) is 19.5. The molecule has 4 rings (SSSR count). The molecule has 0 fully saturated rings. The number of nitrogens with one attached hydrogen (secondary N) is 1. The van der Waals surface area contributed by atoms with E-state index in [-0.39, 0.29) is 12.3 Å². The van der Waals surface area contributed by atoms with E-state index in [2.05, 4.69) is 45.0 Å². The van der Waals surface area contributed by atoms with Gasteiger partial charge in [0.1, 0.15) is 17.4 Å². The fourth-order valence-electron chi connectivity index (χ4n) is 2.92. The largest absolute Gasteiger partial charge is 0.489 e. The van der Waals surface area contributed by atoms with Crippen LogP contribution in [0.1, 0.15) is 16.1 Å². The number of carbonyl (C=O) groups excluding carboxylic acids is 1. The lowest BCUT2D eigenvalue weighted by atomic mass is 10.1. The number of aromatic nitrogens is 2. The molecule has 0 atom stereocenters. The van der Waals surface area contributed by atoms with Crippen molar-refractivity contribution in [3.63, 3.8) is 0 Å². The number of anilines is 1. The Kier molecular flexibility index (Phi) is 5.95. The number of hydrogen-bond donors (Lipinski definition) is 2. The van der Waals surface area contributed by atoms with Crippen molar-refractivity contribution in [2.45, 2.75) is 13.0 Å². The van der Waals surface area contributed by atoms with Crippen LogP contribution in [0, 0.1) is 0 Å². The first-order valence-electron chi connectivity index (χ1n) is 9.26. The minimum atomic E-state index is -0.280. The van der Waals surface area contributed by atoms with Gasteiger partial charge in [0.2, 0.25) is 11.0 Å². The van der Waals surface area contributed by atoms with E-state index in [4.69, 9.17) is 10.5 Å². The van der Waals surface area contributed by atoms with Gasteiger partial charge in [-0.2, -0.15) is 5.10 Å². The average molecular weight is 417 g/mol. The van der Waals surface area contributed by atoms with Crippen molar-refractivity contribution in [1.29, 1.82) is 0 Å². The Labute approximate surface area is 177 Å². The molecule has 8 heteroatoms. The molecule has 30 heavy (non-hydrogen) atoms. The third-order valence-corrected chi connectivity index (χ3v) is 5.10. The van der Waals surface area contributed by atoms with Gasteiger partial charge in [0, 0.05) is 0 Å². The predicted molar refractivity (Wildman–Crippen MR) is 118 cm³/mol. The summed E-state index contributed by atoms with van der Waals surface area (Å²) in [7, 11) is 0. The van der Waals surface area contributed by atoms with Gasteiger partial charge in [0.25, 0.3) is 0 Å². The van der Waals surface area contributed by atoms with Crippen molar-refractivity contribution < 1.29 is 9.53 Å². The van der Waals surface area contributed by atoms with Crippen LogP contribution in [-0.4, -0.2) is 22.3 Å². The fourth-order valence-corrected chi connectivity index (χ4v) is 3.53. The molecule has 4 aromatic rings. The molecule has 0 spiro atoms. The fraction of sp³-hybridized carbons (Fsp3) is 0.0909. The lowest BCUT2D eigenvalue weighted by Crippen LogP contribution is -2.19. The highest BCUT2D eigenvalue weighted by Crippen LogP contribution is 2.21. The van der Waals surface area contributed by atoms with Crippen LogP contribution >= 0.6 is 11.3 Å². The van der Waals surface area contributed by atoms with Gasteiger partial charge in [-0.3, -0.25) is 4.79 Å². The highest BCUT2D eigenvalue weighted by Gasteiger charge is 2.07. The van der Waals surface area contributed by atoms with Crippen molar-refractivity contribution >= 4 is 39.4 Å². The normalized spacial score (nSPS) is 11.1. The molecule has 7 nitrogen and oxygen atoms in total. The maximum absolute atomic E-state index is 11.8. The minimum Gasteiger partial charge on any atom is -0.489 e. The Bertz CT molecular complexity index is 1180. The third-order valence-electron chi connectivity index (χ3n) is 4.35. The quantitative estimate of drug-likeness (QED) is 0.354. The number of carbonyl (C=O) groups is 1. The standard InChI is InChI=1S/C22H19N5O2S/c23-22-27-26-21(30-22)12-20(28)25-24-13-15-8-10-18(11-9-15)29-14-17-6-3-5-16-4-1-2-7-19(16)17/h1-11,13H,12,14H2,(H2,23,27)(H,25,28)/b24-13+. The minimum absolute atomic E-state index is 0.0904. The molecular formula is C22H19N5O2S. The molecule has 0 saturated carbocycles. The van der Waals surface area contributed by atoms with Gasteiger partial charge in [-0.25, -0.2) is 5.43 Å². The number of ether oxygens (including phenoxy) is 1. The van der Waals surface area contributed by atoms with Crippen LogP contribution in [0.2, 0.25) is 0 Å². The molecule has 0 aliphatic heterocycles. The molecule has 3 N–H and O–H groups in total. The van der Waals surface area contributed by atoms with E-state index in [1.54, 1.807) is 6.21 Å². The maximum atomic E-state index is 11.8. The number of hydrazone groups is 1. The number of benzene rings is 3. The van der Waals surface area contributed by atoms with E-state index in [9.17, 15) is 4.79 Å². The van der Waals surface area contributed by atoms with E-state index in [1.165, 1.54) is 22.1 Å². The monoisotopic (exact) mass is 417 g/mol. The van der Waals surface area contributed by atoms with E-state index < -0.39 is 0 Å². The molecule has 0 aliphatic carbocycles. The van der Waals surface area contributed by atoms with Gasteiger partial charge in [-0.1, -0.05) is 53.8 Å². The van der Waals surface area contributed by atoms with Crippen LogP contribution in [0.5, 0.6) is 5.75 Å².